The largest absolute Gasteiger partial charge is 0.381 e. The van der Waals surface area contributed by atoms with Gasteiger partial charge < -0.3 is 14.8 Å². The average Bonchev–Trinajstić information content (AvgIpc) is 3.26. The van der Waals surface area contributed by atoms with Gasteiger partial charge in [-0.1, -0.05) is 62.4 Å². The summed E-state index contributed by atoms with van der Waals surface area (Å²) in [4.78, 5) is 5.65. The van der Waals surface area contributed by atoms with Crippen molar-refractivity contribution in [1.29, 1.82) is 0 Å². The number of ether oxygens (including phenoxy) is 2. The molecule has 2 unspecified atom stereocenters. The van der Waals surface area contributed by atoms with E-state index in [1.165, 1.54) is 5.56 Å². The van der Waals surface area contributed by atoms with E-state index in [1.54, 1.807) is 11.3 Å². The van der Waals surface area contributed by atoms with Crippen molar-refractivity contribution in [2.75, 3.05) is 18.5 Å². The van der Waals surface area contributed by atoms with Gasteiger partial charge in [-0.15, -0.1) is 5.10 Å². The second kappa shape index (κ2) is 8.42. The quantitative estimate of drug-likeness (QED) is 0.626. The second-order valence-corrected chi connectivity index (χ2v) is 9.68. The highest BCUT2D eigenvalue weighted by Crippen LogP contribution is 2.30. The second-order valence-electron chi connectivity index (χ2n) is 8.72. The predicted octanol–water partition coefficient (Wildman–Crippen LogP) is 4.83. The normalized spacial score (nSPS) is 18.1. The van der Waals surface area contributed by atoms with Crippen LogP contribution >= 0.6 is 11.3 Å². The fourth-order valence-corrected chi connectivity index (χ4v) is 4.42. The van der Waals surface area contributed by atoms with Gasteiger partial charge in [0.25, 0.3) is 0 Å². The number of anilines is 1. The molecule has 2 atom stereocenters. The molecule has 6 nitrogen and oxygen atoms in total. The average molecular weight is 415 g/mol. The van der Waals surface area contributed by atoms with Crippen molar-refractivity contribution in [2.45, 2.75) is 64.2 Å². The molecule has 1 fully saturated rings. The minimum atomic E-state index is -0.0549. The molecular weight excluding hydrogens is 384 g/mol. The summed E-state index contributed by atoms with van der Waals surface area (Å²) in [5.41, 5.74) is 2.25. The highest BCUT2D eigenvalue weighted by molar-refractivity contribution is 7.20. The number of rotatable bonds is 6. The van der Waals surface area contributed by atoms with Crippen molar-refractivity contribution in [3.63, 3.8) is 0 Å². The molecule has 0 spiro atoms. The molecule has 0 bridgehead atoms. The van der Waals surface area contributed by atoms with Gasteiger partial charge >= 0.3 is 0 Å². The number of aromatic nitrogens is 3. The van der Waals surface area contributed by atoms with Crippen LogP contribution in [0, 0.1) is 0 Å². The van der Waals surface area contributed by atoms with Crippen molar-refractivity contribution in [1.82, 2.24) is 14.6 Å². The van der Waals surface area contributed by atoms with Crippen molar-refractivity contribution in [3.8, 4) is 0 Å². The van der Waals surface area contributed by atoms with Gasteiger partial charge in [0.05, 0.1) is 24.0 Å². The van der Waals surface area contributed by atoms with E-state index in [0.29, 0.717) is 0 Å². The highest BCUT2D eigenvalue weighted by Gasteiger charge is 2.27. The molecule has 7 heteroatoms. The summed E-state index contributed by atoms with van der Waals surface area (Å²) in [6.45, 7) is 10.2. The van der Waals surface area contributed by atoms with E-state index >= 15 is 0 Å². The number of fused-ring (bicyclic) bond motifs is 1. The Hall–Kier alpha value is -1.96. The Morgan fingerprint density at radius 1 is 1.21 bits per heavy atom. The summed E-state index contributed by atoms with van der Waals surface area (Å²) < 4.78 is 13.9. The topological polar surface area (TPSA) is 60.7 Å². The molecule has 29 heavy (non-hydrogen) atoms. The smallest absolute Gasteiger partial charge is 0.214 e. The Bertz CT molecular complexity index is 894. The molecule has 1 N–H and O–H groups in total. The van der Waals surface area contributed by atoms with Gasteiger partial charge in [-0.05, 0) is 25.3 Å². The minimum absolute atomic E-state index is 0.0181. The third kappa shape index (κ3) is 4.79. The summed E-state index contributed by atoms with van der Waals surface area (Å²) in [6, 6.07) is 10.5. The van der Waals surface area contributed by atoms with Gasteiger partial charge in [-0.25, -0.2) is 9.50 Å². The molecule has 0 saturated carbocycles. The molecule has 1 saturated heterocycles. The van der Waals surface area contributed by atoms with E-state index < -0.39 is 0 Å². The van der Waals surface area contributed by atoms with Gasteiger partial charge in [0, 0.05) is 18.6 Å². The molecular formula is C22H30N4O2S. The lowest BCUT2D eigenvalue weighted by Gasteiger charge is -2.31. The summed E-state index contributed by atoms with van der Waals surface area (Å²) in [5.74, 6) is 0. The molecule has 1 aromatic carbocycles. The van der Waals surface area contributed by atoms with Crippen LogP contribution in [-0.2, 0) is 14.9 Å². The lowest BCUT2D eigenvalue weighted by molar-refractivity contribution is -0.0738. The standard InChI is InChI=1S/C22H30N4O2S/c1-15(23-20-25-26-14-18(22(2,3)4)24-21(26)29-20)19(16-8-6-5-7-9-16)28-17-10-12-27-13-11-17/h5-9,14-15,17,19H,10-13H2,1-4H3,(H,23,25). The van der Waals surface area contributed by atoms with E-state index in [4.69, 9.17) is 19.6 Å². The molecule has 0 radical (unpaired) electrons. The Morgan fingerprint density at radius 2 is 1.93 bits per heavy atom. The fraction of sp³-hybridized carbons (Fsp3) is 0.545. The first-order valence-electron chi connectivity index (χ1n) is 10.3. The summed E-state index contributed by atoms with van der Waals surface area (Å²) in [7, 11) is 0. The number of hydrogen-bond donors (Lipinski definition) is 1. The molecule has 1 aliphatic heterocycles. The third-order valence-electron chi connectivity index (χ3n) is 5.25. The van der Waals surface area contributed by atoms with Crippen molar-refractivity contribution >= 4 is 21.4 Å². The molecule has 4 rings (SSSR count). The Kier molecular flexibility index (Phi) is 5.90. The Balaban J connectivity index is 1.51. The van der Waals surface area contributed by atoms with Crippen LogP contribution in [0.5, 0.6) is 0 Å². The van der Waals surface area contributed by atoms with Crippen LogP contribution in [0.3, 0.4) is 0 Å². The zero-order valence-electron chi connectivity index (χ0n) is 17.6. The first-order valence-corrected chi connectivity index (χ1v) is 11.1. The van der Waals surface area contributed by atoms with E-state index in [-0.39, 0.29) is 23.7 Å². The van der Waals surface area contributed by atoms with Gasteiger partial charge in [-0.2, -0.15) is 0 Å². The number of nitrogens with one attached hydrogen (secondary N) is 1. The highest BCUT2D eigenvalue weighted by atomic mass is 32.1. The van der Waals surface area contributed by atoms with Crippen LogP contribution in [0.25, 0.3) is 4.96 Å². The lowest BCUT2D eigenvalue weighted by atomic mass is 9.93. The number of imidazole rings is 1. The van der Waals surface area contributed by atoms with E-state index in [2.05, 4.69) is 57.3 Å². The van der Waals surface area contributed by atoms with Gasteiger partial charge in [-0.3, -0.25) is 0 Å². The van der Waals surface area contributed by atoms with Crippen molar-refractivity contribution in [3.05, 3.63) is 47.8 Å². The van der Waals surface area contributed by atoms with Crippen LogP contribution in [0.2, 0.25) is 0 Å². The molecule has 0 amide bonds. The maximum atomic E-state index is 6.54. The van der Waals surface area contributed by atoms with Crippen molar-refractivity contribution < 1.29 is 9.47 Å². The maximum Gasteiger partial charge on any atom is 0.214 e. The van der Waals surface area contributed by atoms with E-state index in [0.717, 1.165) is 41.8 Å². The van der Waals surface area contributed by atoms with Crippen LogP contribution in [0.15, 0.2) is 36.5 Å². The zero-order chi connectivity index (χ0) is 20.4. The monoisotopic (exact) mass is 414 g/mol. The van der Waals surface area contributed by atoms with E-state index in [9.17, 15) is 0 Å². The fourth-order valence-electron chi connectivity index (χ4n) is 3.54. The van der Waals surface area contributed by atoms with Crippen LogP contribution in [0.1, 0.15) is 57.9 Å². The summed E-state index contributed by atoms with van der Waals surface area (Å²) in [5, 5.41) is 9.11. The van der Waals surface area contributed by atoms with Gasteiger partial charge in [0.1, 0.15) is 6.10 Å². The molecule has 1 aliphatic rings. The Labute approximate surface area is 176 Å². The van der Waals surface area contributed by atoms with Crippen LogP contribution in [-0.4, -0.2) is 40.0 Å². The van der Waals surface area contributed by atoms with Gasteiger partial charge in [0.2, 0.25) is 10.1 Å². The maximum absolute atomic E-state index is 6.54. The third-order valence-corrected chi connectivity index (χ3v) is 6.11. The van der Waals surface area contributed by atoms with Crippen LogP contribution in [0.4, 0.5) is 5.13 Å². The number of benzene rings is 1. The van der Waals surface area contributed by atoms with E-state index in [1.807, 2.05) is 16.8 Å². The molecule has 3 aromatic rings. The van der Waals surface area contributed by atoms with Gasteiger partial charge in [0.15, 0.2) is 0 Å². The Morgan fingerprint density at radius 3 is 2.59 bits per heavy atom. The SMILES string of the molecule is CC(Nc1nn2cc(C(C)(C)C)nc2s1)C(OC1CCOCC1)c1ccccc1. The molecule has 2 aromatic heterocycles. The number of nitrogens with zero attached hydrogens (tertiary/aromatic N) is 3. The molecule has 3 heterocycles. The molecule has 0 aliphatic carbocycles. The van der Waals surface area contributed by atoms with Crippen molar-refractivity contribution in [2.24, 2.45) is 0 Å². The summed E-state index contributed by atoms with van der Waals surface area (Å²) in [6.07, 6.45) is 4.07. The first-order chi connectivity index (χ1) is 13.9. The molecule has 156 valence electrons. The minimum Gasteiger partial charge on any atom is -0.381 e. The lowest BCUT2D eigenvalue weighted by Crippen LogP contribution is -2.32. The van der Waals surface area contributed by atoms with Crippen LogP contribution < -0.4 is 5.32 Å². The number of hydrogen-bond acceptors (Lipinski definition) is 6. The predicted molar refractivity (Wildman–Crippen MR) is 117 cm³/mol. The zero-order valence-corrected chi connectivity index (χ0v) is 18.4. The summed E-state index contributed by atoms with van der Waals surface area (Å²) >= 11 is 1.58. The first kappa shape index (κ1) is 20.3.